The van der Waals surface area contributed by atoms with Gasteiger partial charge in [-0.2, -0.15) is 0 Å². The second-order valence-corrected chi connectivity index (χ2v) is 3.44. The van der Waals surface area contributed by atoms with Gasteiger partial charge in [-0.25, -0.2) is 0 Å². The maximum absolute atomic E-state index is 11.7. The number of benzene rings is 1. The van der Waals surface area contributed by atoms with Gasteiger partial charge in [-0.3, -0.25) is 4.79 Å². The molecule has 1 rings (SSSR count). The predicted octanol–water partition coefficient (Wildman–Crippen LogP) is 2.66. The van der Waals surface area contributed by atoms with Gasteiger partial charge in [0, 0.05) is 17.5 Å². The summed E-state index contributed by atoms with van der Waals surface area (Å²) in [5.74, 6) is 0.471. The van der Waals surface area contributed by atoms with E-state index in [9.17, 15) is 4.79 Å². The van der Waals surface area contributed by atoms with E-state index < -0.39 is 0 Å². The van der Waals surface area contributed by atoms with Crippen LogP contribution in [-0.2, 0) is 0 Å². The standard InChI is InChI=1S/C11H12ClNO3/c1-3-10(14)9-6-7(16-2)4-5-8(9)11(12)13-15/h4-6,15H,3H2,1-2H3. The lowest BCUT2D eigenvalue weighted by Crippen LogP contribution is -2.06. The fraction of sp³-hybridized carbons (Fsp3) is 0.273. The number of carbonyl (C=O) groups is 1. The molecule has 0 saturated carbocycles. The maximum Gasteiger partial charge on any atom is 0.176 e. The molecule has 0 atom stereocenters. The van der Waals surface area contributed by atoms with Crippen LogP contribution < -0.4 is 4.74 Å². The fourth-order valence-electron chi connectivity index (χ4n) is 1.31. The minimum atomic E-state index is -0.112. The third-order valence-corrected chi connectivity index (χ3v) is 2.44. The number of rotatable bonds is 4. The molecule has 0 amide bonds. The molecule has 4 nitrogen and oxygen atoms in total. The van der Waals surface area contributed by atoms with E-state index in [1.54, 1.807) is 25.1 Å². The zero-order valence-corrected chi connectivity index (χ0v) is 9.78. The highest BCUT2D eigenvalue weighted by atomic mass is 35.5. The first-order chi connectivity index (χ1) is 7.63. The molecule has 86 valence electrons. The van der Waals surface area contributed by atoms with E-state index in [0.717, 1.165) is 0 Å². The number of nitrogens with zero attached hydrogens (tertiary/aromatic N) is 1. The number of hydrogen-bond acceptors (Lipinski definition) is 4. The summed E-state index contributed by atoms with van der Waals surface area (Å²) >= 11 is 5.70. The Balaban J connectivity index is 3.32. The van der Waals surface area contributed by atoms with Crippen molar-refractivity contribution in [1.29, 1.82) is 0 Å². The number of carbonyl (C=O) groups excluding carboxylic acids is 1. The van der Waals surface area contributed by atoms with Crippen LogP contribution in [0.25, 0.3) is 0 Å². The van der Waals surface area contributed by atoms with Gasteiger partial charge in [0.25, 0.3) is 0 Å². The Kier molecular flexibility index (Phi) is 4.31. The van der Waals surface area contributed by atoms with Crippen LogP contribution in [0.3, 0.4) is 0 Å². The third kappa shape index (κ3) is 2.52. The summed E-state index contributed by atoms with van der Waals surface area (Å²) in [5, 5.41) is 11.4. The lowest BCUT2D eigenvalue weighted by atomic mass is 10.0. The number of ether oxygens (including phenoxy) is 1. The first-order valence-electron chi connectivity index (χ1n) is 4.73. The zero-order chi connectivity index (χ0) is 12.1. The van der Waals surface area contributed by atoms with Crippen molar-refractivity contribution >= 4 is 22.6 Å². The Morgan fingerprint density at radius 2 is 2.19 bits per heavy atom. The average molecular weight is 242 g/mol. The van der Waals surface area contributed by atoms with Crippen molar-refractivity contribution in [3.05, 3.63) is 29.3 Å². The highest BCUT2D eigenvalue weighted by molar-refractivity contribution is 6.70. The second-order valence-electron chi connectivity index (χ2n) is 3.08. The molecule has 0 unspecified atom stereocenters. The van der Waals surface area contributed by atoms with Gasteiger partial charge >= 0.3 is 0 Å². The first-order valence-corrected chi connectivity index (χ1v) is 5.11. The average Bonchev–Trinajstić information content (AvgIpc) is 2.36. The summed E-state index contributed by atoms with van der Waals surface area (Å²) in [5.41, 5.74) is 0.793. The summed E-state index contributed by atoms with van der Waals surface area (Å²) in [6.07, 6.45) is 0.343. The molecule has 0 aliphatic heterocycles. The zero-order valence-electron chi connectivity index (χ0n) is 9.03. The van der Waals surface area contributed by atoms with E-state index in [-0.39, 0.29) is 11.0 Å². The lowest BCUT2D eigenvalue weighted by molar-refractivity contribution is 0.0987. The molecule has 1 aromatic carbocycles. The number of halogens is 1. The van der Waals surface area contributed by atoms with E-state index in [2.05, 4.69) is 5.16 Å². The van der Waals surface area contributed by atoms with E-state index in [1.807, 2.05) is 0 Å². The predicted molar refractivity (Wildman–Crippen MR) is 61.8 cm³/mol. The largest absolute Gasteiger partial charge is 0.497 e. The van der Waals surface area contributed by atoms with Crippen LogP contribution in [-0.4, -0.2) is 23.3 Å². The molecule has 0 aliphatic rings. The third-order valence-electron chi connectivity index (χ3n) is 2.16. The number of methoxy groups -OCH3 is 1. The highest BCUT2D eigenvalue weighted by Crippen LogP contribution is 2.21. The lowest BCUT2D eigenvalue weighted by Gasteiger charge is -2.07. The Hall–Kier alpha value is -1.55. The molecule has 0 saturated heterocycles. The molecule has 1 N–H and O–H groups in total. The van der Waals surface area contributed by atoms with Crippen LogP contribution in [0.4, 0.5) is 0 Å². The normalized spacial score (nSPS) is 11.3. The Bertz CT molecular complexity index is 429. The van der Waals surface area contributed by atoms with E-state index >= 15 is 0 Å². The van der Waals surface area contributed by atoms with Gasteiger partial charge < -0.3 is 9.94 Å². The van der Waals surface area contributed by atoms with E-state index in [1.165, 1.54) is 7.11 Å². The highest BCUT2D eigenvalue weighted by Gasteiger charge is 2.14. The van der Waals surface area contributed by atoms with E-state index in [0.29, 0.717) is 23.3 Å². The van der Waals surface area contributed by atoms with E-state index in [4.69, 9.17) is 21.5 Å². The molecular weight excluding hydrogens is 230 g/mol. The fourth-order valence-corrected chi connectivity index (χ4v) is 1.47. The van der Waals surface area contributed by atoms with Crippen LogP contribution >= 0.6 is 11.6 Å². The molecule has 16 heavy (non-hydrogen) atoms. The summed E-state index contributed by atoms with van der Waals surface area (Å²) in [6.45, 7) is 1.75. The molecule has 0 bridgehead atoms. The Morgan fingerprint density at radius 3 is 2.69 bits per heavy atom. The first kappa shape index (κ1) is 12.5. The Labute approximate surface area is 98.5 Å². The van der Waals surface area contributed by atoms with Gasteiger partial charge in [0.2, 0.25) is 0 Å². The van der Waals surface area contributed by atoms with Crippen molar-refractivity contribution in [3.8, 4) is 5.75 Å². The van der Waals surface area contributed by atoms with Crippen molar-refractivity contribution in [2.45, 2.75) is 13.3 Å². The van der Waals surface area contributed by atoms with Crippen LogP contribution in [0.1, 0.15) is 29.3 Å². The molecule has 0 radical (unpaired) electrons. The molecule has 0 aromatic heterocycles. The van der Waals surface area contributed by atoms with Gasteiger partial charge in [-0.1, -0.05) is 23.7 Å². The number of hydrogen-bond donors (Lipinski definition) is 1. The number of oxime groups is 1. The van der Waals surface area contributed by atoms with Crippen LogP contribution in [0.15, 0.2) is 23.4 Å². The summed E-state index contributed by atoms with van der Waals surface area (Å²) in [4.78, 5) is 11.7. The molecule has 0 fully saturated rings. The Morgan fingerprint density at radius 1 is 1.50 bits per heavy atom. The number of ketones is 1. The van der Waals surface area contributed by atoms with Crippen molar-refractivity contribution in [3.63, 3.8) is 0 Å². The van der Waals surface area contributed by atoms with Gasteiger partial charge in [0.05, 0.1) is 7.11 Å². The van der Waals surface area contributed by atoms with Crippen LogP contribution in [0.2, 0.25) is 0 Å². The van der Waals surface area contributed by atoms with Crippen LogP contribution in [0.5, 0.6) is 5.75 Å². The second kappa shape index (κ2) is 5.51. The molecule has 5 heteroatoms. The van der Waals surface area contributed by atoms with Crippen molar-refractivity contribution in [2.24, 2.45) is 5.16 Å². The van der Waals surface area contributed by atoms with Crippen LogP contribution in [0, 0.1) is 0 Å². The van der Waals surface area contributed by atoms with Crippen molar-refractivity contribution in [1.82, 2.24) is 0 Å². The van der Waals surface area contributed by atoms with Gasteiger partial charge in [0.1, 0.15) is 5.75 Å². The molecule has 0 spiro atoms. The summed E-state index contributed by atoms with van der Waals surface area (Å²) in [6, 6.07) is 4.81. The topological polar surface area (TPSA) is 58.9 Å². The van der Waals surface area contributed by atoms with Gasteiger partial charge in [-0.05, 0) is 18.2 Å². The molecule has 1 aromatic rings. The quantitative estimate of drug-likeness (QED) is 0.382. The van der Waals surface area contributed by atoms with Gasteiger partial charge in [0.15, 0.2) is 11.0 Å². The number of Topliss-reactive ketones (excluding diaryl/α,β-unsaturated/α-hetero) is 1. The summed E-state index contributed by atoms with van der Waals surface area (Å²) in [7, 11) is 1.51. The molecular formula is C11H12ClNO3. The van der Waals surface area contributed by atoms with Crippen molar-refractivity contribution < 1.29 is 14.7 Å². The van der Waals surface area contributed by atoms with Crippen molar-refractivity contribution in [2.75, 3.05) is 7.11 Å². The summed E-state index contributed by atoms with van der Waals surface area (Å²) < 4.78 is 5.02. The maximum atomic E-state index is 11.7. The monoisotopic (exact) mass is 241 g/mol. The SMILES string of the molecule is CCC(=O)c1cc(OC)ccc1C(Cl)=NO. The minimum absolute atomic E-state index is 0.0873. The van der Waals surface area contributed by atoms with Gasteiger partial charge in [-0.15, -0.1) is 0 Å². The molecule has 0 aliphatic carbocycles. The molecule has 0 heterocycles. The smallest absolute Gasteiger partial charge is 0.176 e. The minimum Gasteiger partial charge on any atom is -0.497 e.